The van der Waals surface area contributed by atoms with Gasteiger partial charge in [0.15, 0.2) is 15.8 Å². The average Bonchev–Trinajstić information content (AvgIpc) is 2.64. The van der Waals surface area contributed by atoms with Crippen LogP contribution in [0.25, 0.3) is 0 Å². The fourth-order valence-corrected chi connectivity index (χ4v) is 4.24. The third kappa shape index (κ3) is 9.58. The highest BCUT2D eigenvalue weighted by molar-refractivity contribution is 14.0. The Kier molecular flexibility index (Phi) is 11.2. The molecule has 0 atom stereocenters. The zero-order valence-corrected chi connectivity index (χ0v) is 20.0. The van der Waals surface area contributed by atoms with Crippen LogP contribution in [0.15, 0.2) is 59.6 Å². The van der Waals surface area contributed by atoms with Gasteiger partial charge >= 0.3 is 0 Å². The predicted molar refractivity (Wildman–Crippen MR) is 128 cm³/mol. The molecule has 0 aliphatic heterocycles. The van der Waals surface area contributed by atoms with E-state index in [1.165, 1.54) is 12.1 Å². The minimum absolute atomic E-state index is 0. The molecule has 0 bridgehead atoms. The van der Waals surface area contributed by atoms with E-state index >= 15 is 0 Å². The summed E-state index contributed by atoms with van der Waals surface area (Å²) in [5, 5.41) is 3.19. The Labute approximate surface area is 190 Å². The molecule has 0 aromatic heterocycles. The topological polar surface area (TPSA) is 61.8 Å². The second-order valence-electron chi connectivity index (χ2n) is 6.65. The first-order valence-corrected chi connectivity index (χ1v) is 11.2. The molecule has 0 aliphatic rings. The van der Waals surface area contributed by atoms with Crippen LogP contribution < -0.4 is 5.32 Å². The van der Waals surface area contributed by atoms with Crippen molar-refractivity contribution in [3.8, 4) is 0 Å². The summed E-state index contributed by atoms with van der Waals surface area (Å²) in [7, 11) is -1.29. The zero-order chi connectivity index (χ0) is 20.4. The van der Waals surface area contributed by atoms with E-state index in [1.807, 2.05) is 55.3 Å². The number of nitrogens with zero attached hydrogens (tertiary/aromatic N) is 2. The van der Waals surface area contributed by atoms with Crippen LogP contribution in [0.2, 0.25) is 0 Å². The van der Waals surface area contributed by atoms with E-state index in [9.17, 15) is 12.8 Å². The van der Waals surface area contributed by atoms with Crippen LogP contribution in [-0.4, -0.2) is 45.2 Å². The molecule has 0 saturated carbocycles. The fraction of sp³-hybridized carbons (Fsp3) is 0.381. The molecular formula is C21H29FIN3O2S. The largest absolute Gasteiger partial charge is 0.357 e. The molecule has 2 rings (SSSR count). The SMILES string of the molecule is CCNC(=NCCCS(=O)(=O)Cc1ccccc1)N(C)Cc1cccc(F)c1.I. The lowest BCUT2D eigenvalue weighted by Crippen LogP contribution is -2.38. The molecule has 8 heteroatoms. The Hall–Kier alpha value is -1.68. The van der Waals surface area contributed by atoms with Crippen molar-refractivity contribution >= 4 is 39.8 Å². The minimum Gasteiger partial charge on any atom is -0.357 e. The Morgan fingerprint density at radius 3 is 2.45 bits per heavy atom. The van der Waals surface area contributed by atoms with Crippen molar-refractivity contribution in [3.05, 3.63) is 71.5 Å². The Morgan fingerprint density at radius 2 is 1.79 bits per heavy atom. The number of hydrogen-bond acceptors (Lipinski definition) is 3. The van der Waals surface area contributed by atoms with Crippen molar-refractivity contribution in [2.24, 2.45) is 4.99 Å². The number of nitrogens with one attached hydrogen (secondary N) is 1. The second kappa shape index (κ2) is 12.8. The van der Waals surface area contributed by atoms with Gasteiger partial charge in [-0.2, -0.15) is 0 Å². The Balaban J connectivity index is 0.00000420. The zero-order valence-electron chi connectivity index (χ0n) is 16.8. The Bertz CT molecular complexity index is 877. The first kappa shape index (κ1) is 25.4. The van der Waals surface area contributed by atoms with Gasteiger partial charge in [0.1, 0.15) is 5.82 Å². The predicted octanol–water partition coefficient (Wildman–Crippen LogP) is 3.85. The molecule has 0 fully saturated rings. The lowest BCUT2D eigenvalue weighted by atomic mass is 10.2. The second-order valence-corrected chi connectivity index (χ2v) is 8.84. The normalized spacial score (nSPS) is 11.6. The molecule has 2 aromatic carbocycles. The van der Waals surface area contributed by atoms with Gasteiger partial charge in [-0.15, -0.1) is 24.0 Å². The molecule has 1 N–H and O–H groups in total. The van der Waals surface area contributed by atoms with E-state index in [1.54, 1.807) is 6.07 Å². The van der Waals surface area contributed by atoms with E-state index in [0.29, 0.717) is 32.0 Å². The number of benzene rings is 2. The van der Waals surface area contributed by atoms with Gasteiger partial charge in [-0.1, -0.05) is 42.5 Å². The van der Waals surface area contributed by atoms with Crippen LogP contribution in [0, 0.1) is 5.82 Å². The van der Waals surface area contributed by atoms with Gasteiger partial charge in [0, 0.05) is 26.7 Å². The molecule has 0 amide bonds. The van der Waals surface area contributed by atoms with E-state index < -0.39 is 9.84 Å². The highest BCUT2D eigenvalue weighted by Gasteiger charge is 2.12. The highest BCUT2D eigenvalue weighted by atomic mass is 127. The van der Waals surface area contributed by atoms with Crippen LogP contribution in [0.5, 0.6) is 0 Å². The first-order valence-electron chi connectivity index (χ1n) is 9.38. The van der Waals surface area contributed by atoms with Gasteiger partial charge in [0.05, 0.1) is 11.5 Å². The Morgan fingerprint density at radius 1 is 1.10 bits per heavy atom. The van der Waals surface area contributed by atoms with Crippen LogP contribution >= 0.6 is 24.0 Å². The minimum atomic E-state index is -3.16. The first-order chi connectivity index (χ1) is 13.4. The summed E-state index contributed by atoms with van der Waals surface area (Å²) in [5.74, 6) is 0.555. The van der Waals surface area contributed by atoms with Crippen LogP contribution in [0.1, 0.15) is 24.5 Å². The van der Waals surface area contributed by atoms with E-state index in [0.717, 1.165) is 11.1 Å². The number of sulfone groups is 1. The third-order valence-electron chi connectivity index (χ3n) is 4.11. The molecule has 0 spiro atoms. The molecule has 0 unspecified atom stereocenters. The summed E-state index contributed by atoms with van der Waals surface area (Å²) in [6, 6.07) is 15.6. The summed E-state index contributed by atoms with van der Waals surface area (Å²) in [4.78, 5) is 6.41. The average molecular weight is 533 g/mol. The molecule has 0 radical (unpaired) electrons. The molecular weight excluding hydrogens is 504 g/mol. The standard InChI is InChI=1S/C21H28FN3O2S.HI/c1-3-23-21(25(2)16-19-11-7-12-20(22)15-19)24-13-8-14-28(26,27)17-18-9-5-4-6-10-18;/h4-7,9-12,15H,3,8,13-14,16-17H2,1-2H3,(H,23,24);1H. The van der Waals surface area contributed by atoms with E-state index in [-0.39, 0.29) is 41.3 Å². The number of rotatable bonds is 9. The van der Waals surface area contributed by atoms with Gasteiger partial charge in [0.2, 0.25) is 0 Å². The van der Waals surface area contributed by atoms with Crippen LogP contribution in [0.4, 0.5) is 4.39 Å². The fourth-order valence-electron chi connectivity index (χ4n) is 2.82. The summed E-state index contributed by atoms with van der Waals surface area (Å²) in [5.41, 5.74) is 1.65. The van der Waals surface area contributed by atoms with Gasteiger partial charge in [0.25, 0.3) is 0 Å². The summed E-state index contributed by atoms with van der Waals surface area (Å²) in [6.07, 6.45) is 0.456. The van der Waals surface area contributed by atoms with Crippen molar-refractivity contribution in [2.45, 2.75) is 25.6 Å². The number of aliphatic imine (C=N–C) groups is 1. The van der Waals surface area contributed by atoms with Gasteiger partial charge in [-0.05, 0) is 36.6 Å². The van der Waals surface area contributed by atoms with E-state index in [2.05, 4.69) is 10.3 Å². The highest BCUT2D eigenvalue weighted by Crippen LogP contribution is 2.08. The maximum atomic E-state index is 13.4. The molecule has 0 aliphatic carbocycles. The molecule has 2 aromatic rings. The lowest BCUT2D eigenvalue weighted by Gasteiger charge is -2.22. The van der Waals surface area contributed by atoms with Gasteiger partial charge in [-0.25, -0.2) is 12.8 Å². The maximum Gasteiger partial charge on any atom is 0.193 e. The van der Waals surface area contributed by atoms with Crippen molar-refractivity contribution in [2.75, 3.05) is 25.9 Å². The molecule has 160 valence electrons. The van der Waals surface area contributed by atoms with Gasteiger partial charge in [-0.3, -0.25) is 4.99 Å². The number of halogens is 2. The number of guanidine groups is 1. The lowest BCUT2D eigenvalue weighted by molar-refractivity contribution is 0.475. The summed E-state index contributed by atoms with van der Waals surface area (Å²) in [6.45, 7) is 3.58. The molecule has 0 saturated heterocycles. The smallest absolute Gasteiger partial charge is 0.193 e. The number of hydrogen-bond donors (Lipinski definition) is 1. The van der Waals surface area contributed by atoms with E-state index in [4.69, 9.17) is 0 Å². The monoisotopic (exact) mass is 533 g/mol. The molecule has 0 heterocycles. The maximum absolute atomic E-state index is 13.4. The van der Waals surface area contributed by atoms with Crippen molar-refractivity contribution in [1.82, 2.24) is 10.2 Å². The van der Waals surface area contributed by atoms with Crippen LogP contribution in [0.3, 0.4) is 0 Å². The van der Waals surface area contributed by atoms with Crippen LogP contribution in [-0.2, 0) is 22.1 Å². The third-order valence-corrected chi connectivity index (χ3v) is 5.79. The van der Waals surface area contributed by atoms with Gasteiger partial charge < -0.3 is 10.2 Å². The molecule has 29 heavy (non-hydrogen) atoms. The van der Waals surface area contributed by atoms with Crippen molar-refractivity contribution in [1.29, 1.82) is 0 Å². The van der Waals surface area contributed by atoms with Crippen molar-refractivity contribution < 1.29 is 12.8 Å². The van der Waals surface area contributed by atoms with Crippen molar-refractivity contribution in [3.63, 3.8) is 0 Å². The quantitative estimate of drug-likeness (QED) is 0.230. The summed E-state index contributed by atoms with van der Waals surface area (Å²) < 4.78 is 37.9. The molecule has 5 nitrogen and oxygen atoms in total. The summed E-state index contributed by atoms with van der Waals surface area (Å²) >= 11 is 0.